The first kappa shape index (κ1) is 30.0. The van der Waals surface area contributed by atoms with Gasteiger partial charge in [-0.3, -0.25) is 9.78 Å². The molecule has 1 amide bonds. The van der Waals surface area contributed by atoms with Gasteiger partial charge in [0.05, 0.1) is 13.2 Å². The Hall–Kier alpha value is -3.05. The van der Waals surface area contributed by atoms with Gasteiger partial charge in [0.2, 0.25) is 0 Å². The summed E-state index contributed by atoms with van der Waals surface area (Å²) in [5.74, 6) is 0.531. The summed E-state index contributed by atoms with van der Waals surface area (Å²) in [6.45, 7) is 8.19. The molecule has 1 heterocycles. The molecule has 1 aromatic heterocycles. The summed E-state index contributed by atoms with van der Waals surface area (Å²) in [5, 5.41) is 28.1. The first-order valence-corrected chi connectivity index (χ1v) is 11.8. The van der Waals surface area contributed by atoms with Crippen LogP contribution in [-0.4, -0.2) is 71.9 Å². The minimum atomic E-state index is -0.351. The van der Waals surface area contributed by atoms with E-state index in [4.69, 9.17) is 20.7 Å². The largest absolute Gasteiger partial charge is 0.486 e. The van der Waals surface area contributed by atoms with Gasteiger partial charge in [0.1, 0.15) is 12.4 Å². The number of carbonyl (C=O) groups excluding carboxylic acids is 1. The van der Waals surface area contributed by atoms with Gasteiger partial charge in [-0.1, -0.05) is 26.0 Å². The summed E-state index contributed by atoms with van der Waals surface area (Å²) >= 11 is 0. The van der Waals surface area contributed by atoms with Crippen molar-refractivity contribution in [1.29, 1.82) is 0 Å². The van der Waals surface area contributed by atoms with Gasteiger partial charge in [-0.25, -0.2) is 5.43 Å². The number of rotatable bonds is 14. The normalized spacial score (nSPS) is 12.8. The number of aryl methyl sites for hydroxylation is 1. The van der Waals surface area contributed by atoms with Crippen LogP contribution in [0.15, 0.2) is 53.9 Å². The van der Waals surface area contributed by atoms with Crippen LogP contribution in [0.2, 0.25) is 0 Å². The Bertz CT molecular complexity index is 844. The topological polar surface area (TPSA) is 154 Å². The average molecular weight is 489 g/mol. The zero-order valence-corrected chi connectivity index (χ0v) is 20.9. The second kappa shape index (κ2) is 18.3. The number of hydrogen-bond acceptors (Lipinski definition) is 8. The lowest BCUT2D eigenvalue weighted by Gasteiger charge is -2.17. The second-order valence-corrected chi connectivity index (χ2v) is 7.87. The van der Waals surface area contributed by atoms with Crippen LogP contribution in [0.1, 0.15) is 42.6 Å². The van der Waals surface area contributed by atoms with Crippen molar-refractivity contribution in [3.8, 4) is 5.75 Å². The standard InChI is InChI=1S/C15H16N4O2.C10H24N2O2/c1-11-3-2-4-13(9-11)21-10-14(16)18-19-15(20)12-5-7-17-8-6-12;1-3-9(7-13)11-5-6-12-10(4-2)8-14/h2-9H,10H2,1H3,(H2,16,18)(H,19,20);9-14H,3-8H2,1-2H3/t;9-,10-/m.0/s1. The van der Waals surface area contributed by atoms with E-state index in [0.29, 0.717) is 11.3 Å². The molecule has 2 atom stereocenters. The van der Waals surface area contributed by atoms with Crippen molar-refractivity contribution in [3.63, 3.8) is 0 Å². The predicted octanol–water partition coefficient (Wildman–Crippen LogP) is 1.18. The number of benzene rings is 1. The molecule has 0 unspecified atom stereocenters. The molecule has 194 valence electrons. The zero-order valence-electron chi connectivity index (χ0n) is 20.9. The molecule has 7 N–H and O–H groups in total. The van der Waals surface area contributed by atoms with E-state index in [0.717, 1.165) is 31.5 Å². The molecule has 0 bridgehead atoms. The van der Waals surface area contributed by atoms with E-state index >= 15 is 0 Å². The lowest BCUT2D eigenvalue weighted by Crippen LogP contribution is -2.40. The predicted molar refractivity (Wildman–Crippen MR) is 138 cm³/mol. The summed E-state index contributed by atoms with van der Waals surface area (Å²) in [5.41, 5.74) is 9.60. The molecule has 35 heavy (non-hydrogen) atoms. The van der Waals surface area contributed by atoms with E-state index in [1.807, 2.05) is 45.0 Å². The maximum Gasteiger partial charge on any atom is 0.271 e. The number of hydrogen-bond donors (Lipinski definition) is 6. The van der Waals surface area contributed by atoms with Crippen molar-refractivity contribution in [3.05, 3.63) is 59.9 Å². The van der Waals surface area contributed by atoms with Crippen molar-refractivity contribution in [2.45, 2.75) is 45.7 Å². The molecule has 0 spiro atoms. The third kappa shape index (κ3) is 13.4. The number of nitrogens with zero attached hydrogens (tertiary/aromatic N) is 2. The Kier molecular flexibility index (Phi) is 15.7. The van der Waals surface area contributed by atoms with Crippen molar-refractivity contribution in [2.75, 3.05) is 32.9 Å². The maximum absolute atomic E-state index is 11.7. The molecular formula is C25H40N6O4. The number of nitrogens with two attached hydrogens (primary N) is 1. The van der Waals surface area contributed by atoms with E-state index in [2.05, 4.69) is 26.1 Å². The summed E-state index contributed by atoms with van der Waals surface area (Å²) in [6.07, 6.45) is 4.94. The van der Waals surface area contributed by atoms with Crippen molar-refractivity contribution in [2.24, 2.45) is 10.8 Å². The molecule has 10 nitrogen and oxygen atoms in total. The Balaban J connectivity index is 0.000000383. The monoisotopic (exact) mass is 488 g/mol. The van der Waals surface area contributed by atoms with E-state index in [-0.39, 0.29) is 43.6 Å². The van der Waals surface area contributed by atoms with Crippen LogP contribution in [0.3, 0.4) is 0 Å². The first-order chi connectivity index (χ1) is 16.9. The first-order valence-electron chi connectivity index (χ1n) is 11.8. The number of amides is 1. The highest BCUT2D eigenvalue weighted by molar-refractivity contribution is 5.95. The van der Waals surface area contributed by atoms with Gasteiger partial charge in [-0.15, -0.1) is 0 Å². The Morgan fingerprint density at radius 2 is 1.66 bits per heavy atom. The number of aliphatic hydroxyl groups excluding tert-OH is 2. The number of carbonyl (C=O) groups is 1. The number of nitrogens with one attached hydrogen (secondary N) is 3. The van der Waals surface area contributed by atoms with Gasteiger partial charge in [-0.2, -0.15) is 5.10 Å². The van der Waals surface area contributed by atoms with Crippen LogP contribution < -0.4 is 26.5 Å². The molecule has 1 aromatic carbocycles. The SMILES string of the molecule is CC[C@@H](CO)NCCN[C@@H](CC)CO.Cc1cccc(OC/C(N)=N\NC(=O)c2ccncc2)c1. The number of ether oxygens (including phenoxy) is 1. The van der Waals surface area contributed by atoms with E-state index in [1.165, 1.54) is 12.4 Å². The summed E-state index contributed by atoms with van der Waals surface area (Å²) in [6, 6.07) is 11.2. The van der Waals surface area contributed by atoms with Gasteiger partial charge in [0.25, 0.3) is 5.91 Å². The summed E-state index contributed by atoms with van der Waals surface area (Å²) in [7, 11) is 0. The minimum Gasteiger partial charge on any atom is -0.486 e. The molecule has 0 aliphatic carbocycles. The van der Waals surface area contributed by atoms with E-state index in [1.54, 1.807) is 12.1 Å². The van der Waals surface area contributed by atoms with Gasteiger partial charge in [0, 0.05) is 43.1 Å². The quantitative estimate of drug-likeness (QED) is 0.100. The molecule has 0 aliphatic rings. The lowest BCUT2D eigenvalue weighted by atomic mass is 10.2. The van der Waals surface area contributed by atoms with Crippen molar-refractivity contribution < 1.29 is 19.7 Å². The fourth-order valence-corrected chi connectivity index (χ4v) is 2.81. The number of pyridine rings is 1. The minimum absolute atomic E-state index is 0.0973. The Morgan fingerprint density at radius 1 is 1.06 bits per heavy atom. The van der Waals surface area contributed by atoms with Gasteiger partial charge >= 0.3 is 0 Å². The average Bonchev–Trinajstić information content (AvgIpc) is 2.89. The maximum atomic E-state index is 11.7. The molecule has 0 aliphatic heterocycles. The number of hydrazone groups is 1. The number of amidine groups is 1. The summed E-state index contributed by atoms with van der Waals surface area (Å²) in [4.78, 5) is 15.6. The van der Waals surface area contributed by atoms with Gasteiger partial charge in [0.15, 0.2) is 5.84 Å². The molecule has 0 fully saturated rings. The highest BCUT2D eigenvalue weighted by atomic mass is 16.5. The Labute approximate surface area is 208 Å². The van der Waals surface area contributed by atoms with Crippen LogP contribution in [0.4, 0.5) is 0 Å². The van der Waals surface area contributed by atoms with Gasteiger partial charge < -0.3 is 31.3 Å². The second-order valence-electron chi connectivity index (χ2n) is 7.87. The molecule has 0 radical (unpaired) electrons. The van der Waals surface area contributed by atoms with Crippen molar-refractivity contribution in [1.82, 2.24) is 21.0 Å². The van der Waals surface area contributed by atoms with E-state index in [9.17, 15) is 4.79 Å². The highest BCUT2D eigenvalue weighted by Gasteiger charge is 2.05. The molecular weight excluding hydrogens is 448 g/mol. The fraction of sp³-hybridized carbons (Fsp3) is 0.480. The van der Waals surface area contributed by atoms with Crippen LogP contribution >= 0.6 is 0 Å². The third-order valence-electron chi connectivity index (χ3n) is 5.04. The van der Waals surface area contributed by atoms with E-state index < -0.39 is 0 Å². The molecule has 0 saturated carbocycles. The molecule has 2 aromatic rings. The third-order valence-corrected chi connectivity index (χ3v) is 5.04. The Morgan fingerprint density at radius 3 is 2.17 bits per heavy atom. The molecule has 2 rings (SSSR count). The van der Waals surface area contributed by atoms with Crippen LogP contribution in [0, 0.1) is 6.92 Å². The zero-order chi connectivity index (χ0) is 25.9. The smallest absolute Gasteiger partial charge is 0.271 e. The molecule has 0 saturated heterocycles. The number of aliphatic hydroxyl groups is 2. The highest BCUT2D eigenvalue weighted by Crippen LogP contribution is 2.11. The van der Waals surface area contributed by atoms with Gasteiger partial charge in [-0.05, 0) is 49.6 Å². The lowest BCUT2D eigenvalue weighted by molar-refractivity contribution is 0.0954. The van der Waals surface area contributed by atoms with Crippen molar-refractivity contribution >= 4 is 11.7 Å². The fourth-order valence-electron chi connectivity index (χ4n) is 2.81. The summed E-state index contributed by atoms with van der Waals surface area (Å²) < 4.78 is 5.47. The van der Waals surface area contributed by atoms with Crippen LogP contribution in [-0.2, 0) is 0 Å². The molecule has 10 heteroatoms. The van der Waals surface area contributed by atoms with Crippen LogP contribution in [0.5, 0.6) is 5.75 Å². The number of aromatic nitrogens is 1. The van der Waals surface area contributed by atoms with Crippen LogP contribution in [0.25, 0.3) is 0 Å².